The Kier molecular flexibility index (Phi) is 43.1. The molecule has 7 aromatic heterocycles. The van der Waals surface area contributed by atoms with Crippen LogP contribution in [0.3, 0.4) is 0 Å². The molecule has 36 nitrogen and oxygen atoms in total. The van der Waals surface area contributed by atoms with Crippen LogP contribution in [-0.4, -0.2) is 126 Å². The fraction of sp³-hybridized carbons (Fsp3) is 0.602. The molecule has 10 heterocycles. The molecule has 0 bridgehead atoms. The van der Waals surface area contributed by atoms with Gasteiger partial charge >= 0.3 is 39.3 Å². The molecule has 10 rings (SSSR count). The Morgan fingerprint density at radius 3 is 0.978 bits per heavy atom. The summed E-state index contributed by atoms with van der Waals surface area (Å²) in [6.45, 7) is 92.0. The molecule has 0 saturated heterocycles. The summed E-state index contributed by atoms with van der Waals surface area (Å²) in [4.78, 5) is 167. The summed E-state index contributed by atoms with van der Waals surface area (Å²) in [6.07, 6.45) is -1.05. The number of aromatic amines is 5. The number of H-pyrrole nitrogens is 5. The van der Waals surface area contributed by atoms with Crippen molar-refractivity contribution < 1.29 is 20.1 Å². The van der Waals surface area contributed by atoms with Gasteiger partial charge < -0.3 is 59.4 Å². The highest BCUT2D eigenvalue weighted by Gasteiger charge is 2.34. The minimum atomic E-state index is -1.05. The molecule has 0 saturated carbocycles. The van der Waals surface area contributed by atoms with Crippen molar-refractivity contribution in [1.29, 1.82) is 0 Å². The number of hydrogen-bond acceptors (Lipinski definition) is 23. The Balaban J connectivity index is 0.000000745. The van der Waals surface area contributed by atoms with Crippen molar-refractivity contribution in [2.45, 2.75) is 397 Å². The Morgan fingerprint density at radius 1 is 0.313 bits per heavy atom. The number of carbonyl (C=O) groups excluding carboxylic acids is 1. The maximum atomic E-state index is 11.9. The molecule has 36 heteroatoms. The second-order valence-corrected chi connectivity index (χ2v) is 39.8. The molecule has 1 atom stereocenters. The Labute approximate surface area is 789 Å². The first-order valence-corrected chi connectivity index (χ1v) is 45.2. The third-order valence-corrected chi connectivity index (χ3v) is 23.1. The number of hydrogen-bond donors (Lipinski definition) is 11. The third kappa shape index (κ3) is 30.5. The number of amides is 1. The third-order valence-electron chi connectivity index (χ3n) is 23.1. The van der Waals surface area contributed by atoms with E-state index in [2.05, 4.69) is 92.6 Å². The van der Waals surface area contributed by atoms with Crippen LogP contribution in [0.4, 0.5) is 0 Å². The average Bonchev–Trinajstić information content (AvgIpc) is 0.789. The zero-order valence-electron chi connectivity index (χ0n) is 89.6. The second-order valence-electron chi connectivity index (χ2n) is 39.8. The van der Waals surface area contributed by atoms with Crippen molar-refractivity contribution in [3.63, 3.8) is 0 Å². The van der Waals surface area contributed by atoms with E-state index in [1.807, 2.05) is 238 Å². The molecule has 0 aliphatic carbocycles. The molecule has 11 N–H and O–H groups in total. The quantitative estimate of drug-likeness (QED) is 0.0689. The van der Waals surface area contributed by atoms with Crippen molar-refractivity contribution in [2.75, 3.05) is 0 Å². The monoisotopic (exact) mass is 1880 g/mol. The smallest absolute Gasteiger partial charge is 0.328 e. The van der Waals surface area contributed by atoms with E-state index in [4.69, 9.17) is 0 Å². The van der Waals surface area contributed by atoms with Crippen LogP contribution in [0.5, 0.6) is 0 Å². The van der Waals surface area contributed by atoms with Crippen LogP contribution in [0.25, 0.3) is 0 Å². The van der Waals surface area contributed by atoms with E-state index in [1.165, 1.54) is 9.13 Å². The molecule has 750 valence electrons. The van der Waals surface area contributed by atoms with Gasteiger partial charge in [-0.3, -0.25) is 92.0 Å². The minimum Gasteiger partial charge on any atom is -0.493 e. The number of aliphatic hydroxyl groups is 3. The van der Waals surface area contributed by atoms with Crippen LogP contribution in [0.1, 0.15) is 342 Å². The fourth-order valence-electron chi connectivity index (χ4n) is 14.5. The van der Waals surface area contributed by atoms with Gasteiger partial charge in [0.15, 0.2) is 0 Å². The largest absolute Gasteiger partial charge is 0.493 e. The summed E-state index contributed by atoms with van der Waals surface area (Å²) in [6, 6.07) is 0.382. The van der Waals surface area contributed by atoms with E-state index in [1.54, 1.807) is 90.6 Å². The van der Waals surface area contributed by atoms with Gasteiger partial charge in [-0.05, 0) is 343 Å². The van der Waals surface area contributed by atoms with Gasteiger partial charge in [0.2, 0.25) is 18.0 Å². The van der Waals surface area contributed by atoms with E-state index in [0.29, 0.717) is 34.2 Å². The second kappa shape index (κ2) is 48.2. The summed E-state index contributed by atoms with van der Waals surface area (Å²) >= 11 is 0. The fourth-order valence-corrected chi connectivity index (χ4v) is 14.5. The van der Waals surface area contributed by atoms with Crippen molar-refractivity contribution in [2.24, 2.45) is 0 Å². The van der Waals surface area contributed by atoms with Crippen LogP contribution in [0, 0.1) is 111 Å². The molecule has 0 fully saturated rings. The predicted molar refractivity (Wildman–Crippen MR) is 538 cm³/mol. The Hall–Kier alpha value is -12.1. The van der Waals surface area contributed by atoms with Gasteiger partial charge in [0, 0.05) is 149 Å². The Bertz CT molecular complexity index is 6040. The summed E-state index contributed by atoms with van der Waals surface area (Å²) in [5.74, 6) is 0.290. The number of nitrogens with zero attached hydrogens (tertiary/aromatic N) is 12. The molecule has 0 spiro atoms. The average molecular weight is 1880 g/mol. The van der Waals surface area contributed by atoms with E-state index in [-0.39, 0.29) is 109 Å². The topological polar surface area (TPSA) is 468 Å². The molecular formula is C98H162N20O16. The van der Waals surface area contributed by atoms with Crippen molar-refractivity contribution in [1.82, 2.24) is 98.0 Å². The standard InChI is InChI=1S/C11H20N2O.C11H18N2O.C11H20N2O.C11H18N2O.C9H16N2O2.5C9H14N2O2/c2*1-7-9(3)13(11(4,5)6)10(14)8(2)12-7;2*1-7-8(2)10(14)13(11(4,5)6)12-9(7)3;3*1-5(2)11-7(4)6(3)10-8(12)9(11)13;3*1-5(2)11-7(4)6(3)8(12)10-9(11)13/h12,14H,1-6H3;1-6H3;12,14H,1-6H3;1-6H3;5,9,13H,1-4H3,(H,10,12);2*5H,1-4H3,(H,10,12);3*5H,1-4H3,(H,10,12,13). The lowest BCUT2D eigenvalue weighted by Crippen LogP contribution is -2.53. The SMILES string of the molecule is CC1=C(C)C(C)=C(O)N(C(C)(C)C)N1.CC1=C(C)N(C(C)(C)C)C(O)=C(C)N1.CC1=C(C)N(C(C)C)C(O)C(=O)N1.Cc1[nH]c(=O)c(=O)n(C(C)C)c1C.Cc1[nH]c(=O)c(=O)n(C(C)C)c1C.Cc1c(C)n(C(C)C)c(=O)[nH]c1=O.Cc1c(C)n(C(C)C)c(=O)[nH]c1=O.Cc1c(C)n(C(C)C)c(=O)[nH]c1=O.Cc1nc(C)c(=O)n(C(C)(C)C)c1C.Cc1nn(C(C)(C)C)c(=O)c(C)c1C. The molecular weight excluding hydrogens is 1710 g/mol. The van der Waals surface area contributed by atoms with Gasteiger partial charge in [-0.1, -0.05) is 0 Å². The maximum Gasteiger partial charge on any atom is 0.328 e. The molecule has 134 heavy (non-hydrogen) atoms. The maximum absolute atomic E-state index is 11.9. The normalized spacial score (nSPS) is 14.0. The zero-order valence-corrected chi connectivity index (χ0v) is 89.6. The summed E-state index contributed by atoms with van der Waals surface area (Å²) in [5.41, 5.74) is 18.8. The first kappa shape index (κ1) is 120. The summed E-state index contributed by atoms with van der Waals surface area (Å²) in [7, 11) is 0. The highest BCUT2D eigenvalue weighted by Crippen LogP contribution is 2.31. The van der Waals surface area contributed by atoms with E-state index in [0.717, 1.165) is 113 Å². The first-order valence-electron chi connectivity index (χ1n) is 45.2. The van der Waals surface area contributed by atoms with Gasteiger partial charge in [0.05, 0.1) is 28.2 Å². The van der Waals surface area contributed by atoms with Crippen molar-refractivity contribution in [3.05, 3.63) is 272 Å². The predicted octanol–water partition coefficient (Wildman–Crippen LogP) is 13.3. The number of aryl methyl sites for hydroxylation is 5. The first-order chi connectivity index (χ1) is 60.7. The lowest BCUT2D eigenvalue weighted by molar-refractivity contribution is -0.140. The lowest BCUT2D eigenvalue weighted by Gasteiger charge is -2.41. The zero-order chi connectivity index (χ0) is 105. The number of allylic oxidation sites excluding steroid dienone is 8. The van der Waals surface area contributed by atoms with E-state index < -0.39 is 28.5 Å². The van der Waals surface area contributed by atoms with Crippen LogP contribution in [-0.2, 0) is 15.9 Å². The molecule has 7 aromatic rings. The number of aliphatic hydroxyl groups excluding tert-OH is 3. The summed E-state index contributed by atoms with van der Waals surface area (Å²) < 4.78 is 11.1. The molecule has 0 aromatic carbocycles. The highest BCUT2D eigenvalue weighted by atomic mass is 16.3. The number of carbonyl (C=O) groups is 1. The van der Waals surface area contributed by atoms with Gasteiger partial charge in [-0.2, -0.15) is 5.10 Å². The van der Waals surface area contributed by atoms with Gasteiger partial charge in [-0.15, -0.1) is 0 Å². The van der Waals surface area contributed by atoms with Crippen LogP contribution in [0.2, 0.25) is 0 Å². The molecule has 3 aliphatic rings. The van der Waals surface area contributed by atoms with Gasteiger partial charge in [0.25, 0.3) is 33.7 Å². The van der Waals surface area contributed by atoms with Crippen molar-refractivity contribution >= 4 is 5.91 Å². The van der Waals surface area contributed by atoms with Gasteiger partial charge in [0.1, 0.15) is 5.69 Å². The van der Waals surface area contributed by atoms with Crippen LogP contribution in [0.15, 0.2) is 115 Å². The molecule has 1 amide bonds. The number of rotatable bonds is 6. The summed E-state index contributed by atoms with van der Waals surface area (Å²) in [5, 5.41) is 41.4. The minimum absolute atomic E-state index is 0.0144. The molecule has 0 radical (unpaired) electrons. The van der Waals surface area contributed by atoms with Crippen molar-refractivity contribution in [3.8, 4) is 0 Å². The van der Waals surface area contributed by atoms with Crippen LogP contribution >= 0.6 is 0 Å². The van der Waals surface area contributed by atoms with Gasteiger partial charge in [-0.25, -0.2) is 19.1 Å². The number of hydrazine groups is 1. The van der Waals surface area contributed by atoms with E-state index >= 15 is 0 Å². The van der Waals surface area contributed by atoms with E-state index in [9.17, 15) is 77.6 Å². The molecule has 1 unspecified atom stereocenters. The Morgan fingerprint density at radius 2 is 0.664 bits per heavy atom. The highest BCUT2D eigenvalue weighted by molar-refractivity contribution is 5.83. The molecule has 3 aliphatic heterocycles. The lowest BCUT2D eigenvalue weighted by atomic mass is 10.0. The number of nitrogens with one attached hydrogen (secondary N) is 8. The number of aromatic nitrogens is 14. The van der Waals surface area contributed by atoms with Crippen LogP contribution < -0.4 is 83.2 Å².